The Bertz CT molecular complexity index is 546. The lowest BCUT2D eigenvalue weighted by Crippen LogP contribution is -2.46. The van der Waals surface area contributed by atoms with Crippen LogP contribution in [0.3, 0.4) is 0 Å². The lowest BCUT2D eigenvalue weighted by Gasteiger charge is -2.18. The van der Waals surface area contributed by atoms with Crippen LogP contribution in [0.2, 0.25) is 0 Å². The van der Waals surface area contributed by atoms with E-state index in [1.807, 2.05) is 24.3 Å². The lowest BCUT2D eigenvalue weighted by molar-refractivity contribution is -0.00805. The number of ether oxygens (including phenoxy) is 3. The van der Waals surface area contributed by atoms with Crippen LogP contribution in [-0.4, -0.2) is 50.7 Å². The molecule has 1 aromatic rings. The standard InChI is InChI=1S/C17H24N2O4/c1-10(2)11-4-6-12(7-5-11)18-17(20)19-13-8-22-16-14(21-3)9-23-15(13)16/h4-7,10,13-16H,8-9H2,1-3H3,(H2,18,19,20)/t13-,14-,15-,16+/m1/s1. The van der Waals surface area contributed by atoms with Crippen molar-refractivity contribution >= 4 is 11.7 Å². The Kier molecular flexibility index (Phi) is 4.84. The molecule has 6 nitrogen and oxygen atoms in total. The van der Waals surface area contributed by atoms with Crippen LogP contribution in [0, 0.1) is 0 Å². The summed E-state index contributed by atoms with van der Waals surface area (Å²) >= 11 is 0. The molecule has 0 radical (unpaired) electrons. The number of hydrogen-bond acceptors (Lipinski definition) is 4. The average molecular weight is 320 g/mol. The van der Waals surface area contributed by atoms with Gasteiger partial charge in [0.2, 0.25) is 0 Å². The molecule has 0 saturated carbocycles. The third-order valence-corrected chi connectivity index (χ3v) is 4.46. The predicted octanol–water partition coefficient (Wildman–Crippen LogP) is 2.11. The summed E-state index contributed by atoms with van der Waals surface area (Å²) in [6.45, 7) is 5.22. The van der Waals surface area contributed by atoms with Crippen molar-refractivity contribution in [3.63, 3.8) is 0 Å². The Morgan fingerprint density at radius 1 is 1.17 bits per heavy atom. The van der Waals surface area contributed by atoms with E-state index in [0.717, 1.165) is 5.69 Å². The molecule has 1 aromatic carbocycles. The second-order valence-corrected chi connectivity index (χ2v) is 6.35. The number of hydrogen-bond donors (Lipinski definition) is 2. The largest absolute Gasteiger partial charge is 0.376 e. The molecule has 0 spiro atoms. The zero-order chi connectivity index (χ0) is 16.4. The van der Waals surface area contributed by atoms with Crippen LogP contribution in [0.1, 0.15) is 25.3 Å². The van der Waals surface area contributed by atoms with E-state index in [1.165, 1.54) is 5.56 Å². The Labute approximate surface area is 136 Å². The molecular weight excluding hydrogens is 296 g/mol. The van der Waals surface area contributed by atoms with E-state index >= 15 is 0 Å². The third-order valence-electron chi connectivity index (χ3n) is 4.46. The molecule has 4 atom stereocenters. The van der Waals surface area contributed by atoms with Crippen molar-refractivity contribution in [2.75, 3.05) is 25.6 Å². The van der Waals surface area contributed by atoms with Crippen LogP contribution in [-0.2, 0) is 14.2 Å². The van der Waals surface area contributed by atoms with Gasteiger partial charge in [0, 0.05) is 12.8 Å². The van der Waals surface area contributed by atoms with Gasteiger partial charge in [-0.15, -0.1) is 0 Å². The second kappa shape index (κ2) is 6.86. The minimum absolute atomic E-state index is 0.0570. The number of nitrogens with one attached hydrogen (secondary N) is 2. The number of carbonyl (C=O) groups excluding carboxylic acids is 1. The van der Waals surface area contributed by atoms with Gasteiger partial charge in [0.05, 0.1) is 19.3 Å². The molecule has 2 amide bonds. The maximum absolute atomic E-state index is 12.2. The van der Waals surface area contributed by atoms with Crippen LogP contribution in [0.25, 0.3) is 0 Å². The van der Waals surface area contributed by atoms with E-state index in [9.17, 15) is 4.79 Å². The SMILES string of the molecule is CO[C@@H]1CO[C@H]2[C@H]1OC[C@H]2NC(=O)Nc1ccc(C(C)C)cc1. The number of carbonyl (C=O) groups is 1. The summed E-state index contributed by atoms with van der Waals surface area (Å²) in [5.41, 5.74) is 2.01. The fraction of sp³-hybridized carbons (Fsp3) is 0.588. The van der Waals surface area contributed by atoms with Crippen LogP contribution < -0.4 is 10.6 Å². The van der Waals surface area contributed by atoms with Gasteiger partial charge in [-0.25, -0.2) is 4.79 Å². The Morgan fingerprint density at radius 3 is 2.52 bits per heavy atom. The zero-order valence-corrected chi connectivity index (χ0v) is 13.7. The molecule has 0 bridgehead atoms. The summed E-state index contributed by atoms with van der Waals surface area (Å²) in [5, 5.41) is 5.77. The van der Waals surface area contributed by atoms with Crippen molar-refractivity contribution < 1.29 is 19.0 Å². The summed E-state index contributed by atoms with van der Waals surface area (Å²) in [5.74, 6) is 0.471. The smallest absolute Gasteiger partial charge is 0.319 e. The molecule has 2 aliphatic heterocycles. The number of amides is 2. The molecule has 23 heavy (non-hydrogen) atoms. The van der Waals surface area contributed by atoms with Gasteiger partial charge >= 0.3 is 6.03 Å². The third kappa shape index (κ3) is 3.49. The van der Waals surface area contributed by atoms with E-state index < -0.39 is 0 Å². The first-order valence-electron chi connectivity index (χ1n) is 8.02. The van der Waals surface area contributed by atoms with Crippen molar-refractivity contribution in [3.05, 3.63) is 29.8 Å². The van der Waals surface area contributed by atoms with Gasteiger partial charge in [-0.1, -0.05) is 26.0 Å². The Balaban J connectivity index is 1.54. The average Bonchev–Trinajstić information content (AvgIpc) is 3.10. The van der Waals surface area contributed by atoms with Crippen molar-refractivity contribution in [2.45, 2.75) is 44.1 Å². The fourth-order valence-electron chi connectivity index (χ4n) is 3.08. The van der Waals surface area contributed by atoms with Crippen LogP contribution >= 0.6 is 0 Å². The number of anilines is 1. The molecule has 126 valence electrons. The van der Waals surface area contributed by atoms with Crippen LogP contribution in [0.15, 0.2) is 24.3 Å². The van der Waals surface area contributed by atoms with Gasteiger partial charge in [-0.3, -0.25) is 0 Å². The molecule has 6 heteroatoms. The molecule has 3 rings (SSSR count). The van der Waals surface area contributed by atoms with Gasteiger partial charge < -0.3 is 24.8 Å². The fourth-order valence-corrected chi connectivity index (χ4v) is 3.08. The highest BCUT2D eigenvalue weighted by atomic mass is 16.6. The van der Waals surface area contributed by atoms with E-state index in [-0.39, 0.29) is 30.4 Å². The van der Waals surface area contributed by atoms with E-state index in [2.05, 4.69) is 24.5 Å². The summed E-state index contributed by atoms with van der Waals surface area (Å²) in [6.07, 6.45) is -0.303. The molecule has 2 heterocycles. The molecular formula is C17H24N2O4. The normalized spacial score (nSPS) is 29.6. The van der Waals surface area contributed by atoms with Crippen molar-refractivity contribution in [3.8, 4) is 0 Å². The maximum Gasteiger partial charge on any atom is 0.319 e. The van der Waals surface area contributed by atoms with Crippen LogP contribution in [0.4, 0.5) is 10.5 Å². The number of urea groups is 1. The van der Waals surface area contributed by atoms with Gasteiger partial charge in [-0.2, -0.15) is 0 Å². The Hall–Kier alpha value is -1.63. The first-order chi connectivity index (χ1) is 11.1. The molecule has 2 N–H and O–H groups in total. The molecule has 2 saturated heterocycles. The van der Waals surface area contributed by atoms with E-state index in [1.54, 1.807) is 7.11 Å². The topological polar surface area (TPSA) is 68.8 Å². The zero-order valence-electron chi connectivity index (χ0n) is 13.7. The highest BCUT2D eigenvalue weighted by Gasteiger charge is 2.48. The minimum Gasteiger partial charge on any atom is -0.376 e. The molecule has 0 unspecified atom stereocenters. The number of rotatable bonds is 4. The van der Waals surface area contributed by atoms with E-state index in [4.69, 9.17) is 14.2 Å². The Morgan fingerprint density at radius 2 is 1.87 bits per heavy atom. The number of fused-ring (bicyclic) bond motifs is 1. The maximum atomic E-state index is 12.2. The summed E-state index contributed by atoms with van der Waals surface area (Å²) in [7, 11) is 1.65. The van der Waals surface area contributed by atoms with E-state index in [0.29, 0.717) is 19.1 Å². The minimum atomic E-state index is -0.249. The lowest BCUT2D eigenvalue weighted by atomic mass is 10.0. The highest BCUT2D eigenvalue weighted by molar-refractivity contribution is 5.89. The van der Waals surface area contributed by atoms with Crippen molar-refractivity contribution in [1.29, 1.82) is 0 Å². The van der Waals surface area contributed by atoms with Gasteiger partial charge in [-0.05, 0) is 23.6 Å². The molecule has 2 aliphatic rings. The summed E-state index contributed by atoms with van der Waals surface area (Å²) in [4.78, 5) is 12.2. The molecule has 0 aromatic heterocycles. The second-order valence-electron chi connectivity index (χ2n) is 6.35. The number of methoxy groups -OCH3 is 1. The van der Waals surface area contributed by atoms with Crippen LogP contribution in [0.5, 0.6) is 0 Å². The predicted molar refractivity (Wildman–Crippen MR) is 86.8 cm³/mol. The molecule has 2 fully saturated rings. The first kappa shape index (κ1) is 16.2. The summed E-state index contributed by atoms with van der Waals surface area (Å²) < 4.78 is 16.7. The van der Waals surface area contributed by atoms with Gasteiger partial charge in [0.15, 0.2) is 0 Å². The summed E-state index contributed by atoms with van der Waals surface area (Å²) in [6, 6.07) is 7.47. The molecule has 0 aliphatic carbocycles. The van der Waals surface area contributed by atoms with Gasteiger partial charge in [0.25, 0.3) is 0 Å². The van der Waals surface area contributed by atoms with Crippen molar-refractivity contribution in [2.24, 2.45) is 0 Å². The number of benzene rings is 1. The highest BCUT2D eigenvalue weighted by Crippen LogP contribution is 2.28. The van der Waals surface area contributed by atoms with Gasteiger partial charge in [0.1, 0.15) is 18.3 Å². The first-order valence-corrected chi connectivity index (χ1v) is 8.02. The van der Waals surface area contributed by atoms with Crippen molar-refractivity contribution in [1.82, 2.24) is 5.32 Å². The monoisotopic (exact) mass is 320 g/mol. The quantitative estimate of drug-likeness (QED) is 0.891.